The van der Waals surface area contributed by atoms with Gasteiger partial charge in [-0.25, -0.2) is 16.8 Å². The highest BCUT2D eigenvalue weighted by atomic mass is 32.2. The highest BCUT2D eigenvalue weighted by Gasteiger charge is 2.31. The summed E-state index contributed by atoms with van der Waals surface area (Å²) in [7, 11) is -8.36. The highest BCUT2D eigenvalue weighted by molar-refractivity contribution is 7.93. The fraction of sp³-hybridized carbons (Fsp3) is 0.107. The van der Waals surface area contributed by atoms with Gasteiger partial charge < -0.3 is 5.32 Å². The van der Waals surface area contributed by atoms with Gasteiger partial charge in [0.25, 0.3) is 20.0 Å². The Labute approximate surface area is 235 Å². The number of halogens is 3. The second-order valence-electron chi connectivity index (χ2n) is 8.92. The quantitative estimate of drug-likeness (QED) is 0.257. The molecule has 0 aromatic heterocycles. The summed E-state index contributed by atoms with van der Waals surface area (Å²) in [6.45, 7) is 1.24. The van der Waals surface area contributed by atoms with Gasteiger partial charge in [0, 0.05) is 11.4 Å². The maximum atomic E-state index is 13.4. The first-order valence-electron chi connectivity index (χ1n) is 12.0. The molecular formula is C28H24F3N3O5S2. The predicted molar refractivity (Wildman–Crippen MR) is 149 cm³/mol. The summed E-state index contributed by atoms with van der Waals surface area (Å²) in [5.74, 6) is -0.692. The monoisotopic (exact) mass is 603 g/mol. The number of hydrogen-bond donors (Lipinski definition) is 2. The highest BCUT2D eigenvalue weighted by Crippen LogP contribution is 2.31. The summed E-state index contributed by atoms with van der Waals surface area (Å²) in [5.41, 5.74) is 0.0280. The van der Waals surface area contributed by atoms with Crippen LogP contribution in [0.3, 0.4) is 0 Å². The lowest BCUT2D eigenvalue weighted by atomic mass is 10.2. The summed E-state index contributed by atoms with van der Waals surface area (Å²) in [5, 5.41) is 2.54. The van der Waals surface area contributed by atoms with Gasteiger partial charge in [-0.2, -0.15) is 13.2 Å². The average molecular weight is 604 g/mol. The summed E-state index contributed by atoms with van der Waals surface area (Å²) in [4.78, 5) is 12.7. The zero-order valence-corrected chi connectivity index (χ0v) is 23.1. The zero-order chi connectivity index (χ0) is 29.8. The van der Waals surface area contributed by atoms with Crippen molar-refractivity contribution in [2.45, 2.75) is 22.9 Å². The fourth-order valence-electron chi connectivity index (χ4n) is 3.77. The van der Waals surface area contributed by atoms with Crippen LogP contribution in [0.4, 0.5) is 30.2 Å². The van der Waals surface area contributed by atoms with Crippen molar-refractivity contribution in [3.05, 3.63) is 114 Å². The van der Waals surface area contributed by atoms with Crippen molar-refractivity contribution in [3.8, 4) is 0 Å². The van der Waals surface area contributed by atoms with E-state index in [-0.39, 0.29) is 26.9 Å². The lowest BCUT2D eigenvalue weighted by Gasteiger charge is -2.24. The lowest BCUT2D eigenvalue weighted by molar-refractivity contribution is -0.137. The van der Waals surface area contributed by atoms with E-state index in [1.165, 1.54) is 30.3 Å². The Kier molecular flexibility index (Phi) is 8.40. The largest absolute Gasteiger partial charge is 0.416 e. The van der Waals surface area contributed by atoms with Crippen molar-refractivity contribution < 1.29 is 34.8 Å². The molecule has 0 atom stereocenters. The molecule has 1 amide bonds. The molecule has 4 rings (SSSR count). The number of rotatable bonds is 9. The van der Waals surface area contributed by atoms with E-state index in [2.05, 4.69) is 10.0 Å². The van der Waals surface area contributed by atoms with Gasteiger partial charge in [0.1, 0.15) is 6.54 Å². The van der Waals surface area contributed by atoms with Gasteiger partial charge in [0.05, 0.1) is 21.0 Å². The van der Waals surface area contributed by atoms with Gasteiger partial charge in [-0.3, -0.25) is 13.8 Å². The zero-order valence-electron chi connectivity index (χ0n) is 21.5. The number of nitrogens with one attached hydrogen (secondary N) is 2. The molecule has 0 heterocycles. The van der Waals surface area contributed by atoms with E-state index in [4.69, 9.17) is 0 Å². The summed E-state index contributed by atoms with van der Waals surface area (Å²) in [6, 6.07) is 22.9. The van der Waals surface area contributed by atoms with Crippen molar-refractivity contribution in [2.75, 3.05) is 20.9 Å². The van der Waals surface area contributed by atoms with Crippen LogP contribution in [-0.4, -0.2) is 29.3 Å². The molecule has 41 heavy (non-hydrogen) atoms. The van der Waals surface area contributed by atoms with E-state index in [9.17, 15) is 34.8 Å². The molecule has 0 bridgehead atoms. The first-order chi connectivity index (χ1) is 19.3. The maximum absolute atomic E-state index is 13.4. The molecule has 4 aromatic carbocycles. The molecule has 0 saturated heterocycles. The smallest absolute Gasteiger partial charge is 0.325 e. The van der Waals surface area contributed by atoms with Crippen molar-refractivity contribution in [3.63, 3.8) is 0 Å². The van der Waals surface area contributed by atoms with E-state index < -0.39 is 44.2 Å². The molecule has 2 N–H and O–H groups in total. The van der Waals surface area contributed by atoms with E-state index in [0.29, 0.717) is 6.07 Å². The Hall–Kier alpha value is -4.36. The van der Waals surface area contributed by atoms with Crippen LogP contribution in [0.5, 0.6) is 0 Å². The van der Waals surface area contributed by atoms with Gasteiger partial charge in [-0.05, 0) is 73.7 Å². The molecule has 0 spiro atoms. The number of aryl methyl sites for hydroxylation is 1. The van der Waals surface area contributed by atoms with Crippen LogP contribution in [0.15, 0.2) is 113 Å². The molecule has 0 aliphatic carbocycles. The van der Waals surface area contributed by atoms with Crippen LogP contribution in [0, 0.1) is 6.92 Å². The topological polar surface area (TPSA) is 113 Å². The second kappa shape index (κ2) is 11.6. The molecule has 0 aliphatic rings. The third kappa shape index (κ3) is 7.24. The SMILES string of the molecule is Cc1ccc(S(=O)(=O)N(CC(=O)Nc2ccc(S(=O)(=O)Nc3cccc(C(F)(F)F)c3)cc2)c2ccccc2)cc1. The van der Waals surface area contributed by atoms with Crippen molar-refractivity contribution in [2.24, 2.45) is 0 Å². The Morgan fingerprint density at radius 3 is 1.98 bits per heavy atom. The molecule has 0 fully saturated rings. The number of hydrogen-bond acceptors (Lipinski definition) is 5. The fourth-order valence-corrected chi connectivity index (χ4v) is 6.24. The minimum Gasteiger partial charge on any atom is -0.325 e. The van der Waals surface area contributed by atoms with Crippen LogP contribution in [0.2, 0.25) is 0 Å². The molecule has 8 nitrogen and oxygen atoms in total. The third-order valence-electron chi connectivity index (χ3n) is 5.83. The average Bonchev–Trinajstić information content (AvgIpc) is 2.92. The molecule has 13 heteroatoms. The Balaban J connectivity index is 1.50. The third-order valence-corrected chi connectivity index (χ3v) is 9.02. The van der Waals surface area contributed by atoms with E-state index >= 15 is 0 Å². The molecule has 0 radical (unpaired) electrons. The summed E-state index contributed by atoms with van der Waals surface area (Å²) in [6.07, 6.45) is -4.64. The van der Waals surface area contributed by atoms with Crippen LogP contribution >= 0.6 is 0 Å². The van der Waals surface area contributed by atoms with Crippen molar-refractivity contribution in [1.29, 1.82) is 0 Å². The number of nitrogens with zero attached hydrogens (tertiary/aromatic N) is 1. The van der Waals surface area contributed by atoms with Crippen LogP contribution in [0.1, 0.15) is 11.1 Å². The lowest BCUT2D eigenvalue weighted by Crippen LogP contribution is -2.38. The summed E-state index contributed by atoms with van der Waals surface area (Å²) >= 11 is 0. The number of carbonyl (C=O) groups is 1. The molecule has 4 aromatic rings. The summed E-state index contributed by atoms with van der Waals surface area (Å²) < 4.78 is 94.2. The Morgan fingerprint density at radius 2 is 1.37 bits per heavy atom. The minimum atomic E-state index is -4.64. The Morgan fingerprint density at radius 1 is 0.756 bits per heavy atom. The van der Waals surface area contributed by atoms with Gasteiger partial charge in [-0.15, -0.1) is 0 Å². The van der Waals surface area contributed by atoms with Gasteiger partial charge in [0.15, 0.2) is 0 Å². The van der Waals surface area contributed by atoms with Gasteiger partial charge in [-0.1, -0.05) is 42.0 Å². The van der Waals surface area contributed by atoms with E-state index in [1.54, 1.807) is 42.5 Å². The van der Waals surface area contributed by atoms with Crippen LogP contribution < -0.4 is 14.3 Å². The first-order valence-corrected chi connectivity index (χ1v) is 14.9. The second-order valence-corrected chi connectivity index (χ2v) is 12.5. The normalized spacial score (nSPS) is 12.0. The number of amides is 1. The van der Waals surface area contributed by atoms with Gasteiger partial charge in [0.2, 0.25) is 5.91 Å². The number of alkyl halides is 3. The van der Waals surface area contributed by atoms with Crippen molar-refractivity contribution in [1.82, 2.24) is 0 Å². The van der Waals surface area contributed by atoms with Gasteiger partial charge >= 0.3 is 6.18 Å². The number of carbonyl (C=O) groups excluding carboxylic acids is 1. The number of sulfonamides is 2. The molecule has 0 saturated carbocycles. The molecule has 0 aliphatic heterocycles. The number of anilines is 3. The number of para-hydroxylation sites is 1. The number of benzene rings is 4. The maximum Gasteiger partial charge on any atom is 0.416 e. The first kappa shape index (κ1) is 29.6. The molecule has 214 valence electrons. The minimum absolute atomic E-state index is 0.00239. The molecular weight excluding hydrogens is 579 g/mol. The molecule has 0 unspecified atom stereocenters. The van der Waals surface area contributed by atoms with Crippen LogP contribution in [0.25, 0.3) is 0 Å². The van der Waals surface area contributed by atoms with Crippen LogP contribution in [-0.2, 0) is 31.0 Å². The standard InChI is InChI=1S/C28H24F3N3O5S2/c1-20-10-14-26(15-11-20)41(38,39)34(24-8-3-2-4-9-24)19-27(35)32-22-12-16-25(17-13-22)40(36,37)33-23-7-5-6-21(18-23)28(29,30)31/h2-18,33H,19H2,1H3,(H,32,35). The van der Waals surface area contributed by atoms with Crippen molar-refractivity contribution >= 4 is 43.0 Å². The van der Waals surface area contributed by atoms with E-state index in [1.807, 2.05) is 6.92 Å². The van der Waals surface area contributed by atoms with E-state index in [0.717, 1.165) is 34.1 Å². The predicted octanol–water partition coefficient (Wildman–Crippen LogP) is 5.65. The Bertz CT molecular complexity index is 1740.